The van der Waals surface area contributed by atoms with E-state index in [1.165, 1.54) is 6.07 Å². The molecular formula is C13H16ClFN2O2. The maximum Gasteiger partial charge on any atom is 0.231 e. The van der Waals surface area contributed by atoms with E-state index in [1.807, 2.05) is 7.05 Å². The van der Waals surface area contributed by atoms with Gasteiger partial charge in [0.1, 0.15) is 0 Å². The molecule has 0 radical (unpaired) electrons. The van der Waals surface area contributed by atoms with E-state index in [0.29, 0.717) is 29.5 Å². The van der Waals surface area contributed by atoms with Gasteiger partial charge in [0.25, 0.3) is 0 Å². The number of nitrogens with two attached hydrogens (primary N) is 1. The van der Waals surface area contributed by atoms with Gasteiger partial charge < -0.3 is 15.2 Å². The third-order valence-electron chi connectivity index (χ3n) is 3.89. The van der Waals surface area contributed by atoms with Gasteiger partial charge in [-0.25, -0.2) is 4.39 Å². The van der Waals surface area contributed by atoms with E-state index in [9.17, 15) is 4.39 Å². The second-order valence-electron chi connectivity index (χ2n) is 5.11. The molecule has 19 heavy (non-hydrogen) atoms. The molecule has 0 bridgehead atoms. The van der Waals surface area contributed by atoms with Crippen LogP contribution in [0, 0.1) is 11.7 Å². The van der Waals surface area contributed by atoms with Gasteiger partial charge in [-0.1, -0.05) is 11.6 Å². The van der Waals surface area contributed by atoms with Gasteiger partial charge in [0.05, 0.1) is 10.6 Å². The molecule has 0 aromatic heterocycles. The van der Waals surface area contributed by atoms with Gasteiger partial charge in [0.15, 0.2) is 17.3 Å². The first-order valence-corrected chi connectivity index (χ1v) is 6.67. The smallest absolute Gasteiger partial charge is 0.231 e. The predicted molar refractivity (Wildman–Crippen MR) is 70.1 cm³/mol. The monoisotopic (exact) mass is 286 g/mol. The zero-order valence-electron chi connectivity index (χ0n) is 10.7. The molecule has 6 heteroatoms. The average Bonchev–Trinajstić information content (AvgIpc) is 2.97. The van der Waals surface area contributed by atoms with Gasteiger partial charge >= 0.3 is 0 Å². The molecule has 1 aromatic carbocycles. The van der Waals surface area contributed by atoms with E-state index < -0.39 is 5.82 Å². The molecule has 0 saturated carbocycles. The fourth-order valence-electron chi connectivity index (χ4n) is 2.92. The lowest BCUT2D eigenvalue weighted by Crippen LogP contribution is -2.21. The van der Waals surface area contributed by atoms with Gasteiger partial charge in [-0.15, -0.1) is 0 Å². The number of hydrogen-bond donors (Lipinski definition) is 1. The third kappa shape index (κ3) is 2.06. The highest BCUT2D eigenvalue weighted by atomic mass is 35.5. The van der Waals surface area contributed by atoms with Crippen molar-refractivity contribution in [3.05, 3.63) is 22.5 Å². The van der Waals surface area contributed by atoms with Crippen molar-refractivity contribution in [1.29, 1.82) is 0 Å². The standard InChI is InChI=1S/C13H16ClFN2O2/c1-17-5-7(4-16)2-9(17)11-12(15)8(14)3-10-13(11)19-6-18-10/h3,7,9H,2,4-6,16H2,1H3. The molecule has 1 fully saturated rings. The molecule has 1 saturated heterocycles. The molecule has 0 spiro atoms. The van der Waals surface area contributed by atoms with E-state index in [2.05, 4.69) is 4.90 Å². The number of fused-ring (bicyclic) bond motifs is 1. The molecule has 0 amide bonds. The number of hydrogen-bond acceptors (Lipinski definition) is 4. The molecule has 2 aliphatic rings. The van der Waals surface area contributed by atoms with E-state index >= 15 is 0 Å². The van der Waals surface area contributed by atoms with Crippen molar-refractivity contribution >= 4 is 11.6 Å². The summed E-state index contributed by atoms with van der Waals surface area (Å²) >= 11 is 5.94. The zero-order chi connectivity index (χ0) is 13.6. The number of ether oxygens (including phenoxy) is 2. The van der Waals surface area contributed by atoms with Crippen LogP contribution in [0.1, 0.15) is 18.0 Å². The van der Waals surface area contributed by atoms with Crippen LogP contribution in [-0.2, 0) is 0 Å². The number of rotatable bonds is 2. The van der Waals surface area contributed by atoms with Crippen molar-refractivity contribution in [2.75, 3.05) is 26.9 Å². The first-order valence-electron chi connectivity index (χ1n) is 6.29. The van der Waals surface area contributed by atoms with E-state index in [-0.39, 0.29) is 17.9 Å². The summed E-state index contributed by atoms with van der Waals surface area (Å²) in [5.41, 5.74) is 6.21. The Morgan fingerprint density at radius 3 is 3.00 bits per heavy atom. The molecule has 2 unspecified atom stereocenters. The lowest BCUT2D eigenvalue weighted by Gasteiger charge is -2.22. The minimum Gasteiger partial charge on any atom is -0.454 e. The Labute approximate surface area is 116 Å². The summed E-state index contributed by atoms with van der Waals surface area (Å²) in [4.78, 5) is 2.09. The molecule has 2 N–H and O–H groups in total. The number of nitrogens with zero attached hydrogens (tertiary/aromatic N) is 1. The summed E-state index contributed by atoms with van der Waals surface area (Å²) in [6.45, 7) is 1.56. The summed E-state index contributed by atoms with van der Waals surface area (Å²) in [6.07, 6.45) is 0.806. The normalized spacial score (nSPS) is 26.1. The van der Waals surface area contributed by atoms with Crippen molar-refractivity contribution in [2.45, 2.75) is 12.5 Å². The summed E-state index contributed by atoms with van der Waals surface area (Å²) in [5, 5.41) is 0.0730. The topological polar surface area (TPSA) is 47.7 Å². The zero-order valence-corrected chi connectivity index (χ0v) is 11.4. The minimum absolute atomic E-state index is 0.0669. The molecule has 4 nitrogen and oxygen atoms in total. The number of halogens is 2. The second kappa shape index (κ2) is 4.81. The molecule has 104 valence electrons. The van der Waals surface area contributed by atoms with Gasteiger partial charge in [-0.2, -0.15) is 0 Å². The Bertz CT molecular complexity index is 512. The van der Waals surface area contributed by atoms with Gasteiger partial charge in [-0.05, 0) is 25.9 Å². The van der Waals surface area contributed by atoms with Crippen LogP contribution < -0.4 is 15.2 Å². The molecule has 3 rings (SSSR count). The predicted octanol–water partition coefficient (Wildman–Crippen LogP) is 2.16. The van der Waals surface area contributed by atoms with Crippen molar-refractivity contribution in [1.82, 2.24) is 4.90 Å². The Morgan fingerprint density at radius 2 is 2.32 bits per heavy atom. The van der Waals surface area contributed by atoms with Gasteiger partial charge in [0.2, 0.25) is 6.79 Å². The van der Waals surface area contributed by atoms with Crippen LogP contribution in [0.2, 0.25) is 5.02 Å². The van der Waals surface area contributed by atoms with Crippen molar-refractivity contribution < 1.29 is 13.9 Å². The highest BCUT2D eigenvalue weighted by Crippen LogP contribution is 2.47. The maximum atomic E-state index is 14.4. The molecule has 2 aliphatic heterocycles. The quantitative estimate of drug-likeness (QED) is 0.905. The highest BCUT2D eigenvalue weighted by molar-refractivity contribution is 6.31. The Hall–Kier alpha value is -1.04. The first kappa shape index (κ1) is 13.0. The lowest BCUT2D eigenvalue weighted by molar-refractivity contribution is 0.171. The van der Waals surface area contributed by atoms with Crippen LogP contribution in [0.15, 0.2) is 6.07 Å². The minimum atomic E-state index is -0.416. The largest absolute Gasteiger partial charge is 0.454 e. The lowest BCUT2D eigenvalue weighted by atomic mass is 9.98. The van der Waals surface area contributed by atoms with E-state index in [0.717, 1.165) is 13.0 Å². The van der Waals surface area contributed by atoms with Crippen LogP contribution in [-0.4, -0.2) is 31.8 Å². The van der Waals surface area contributed by atoms with E-state index in [4.69, 9.17) is 26.8 Å². The van der Waals surface area contributed by atoms with Crippen LogP contribution in [0.25, 0.3) is 0 Å². The van der Waals surface area contributed by atoms with E-state index in [1.54, 1.807) is 0 Å². The van der Waals surface area contributed by atoms with Crippen molar-refractivity contribution in [2.24, 2.45) is 11.7 Å². The summed E-state index contributed by atoms with van der Waals surface area (Å²) in [6, 6.07) is 1.40. The number of benzene rings is 1. The Morgan fingerprint density at radius 1 is 1.53 bits per heavy atom. The van der Waals surface area contributed by atoms with Crippen molar-refractivity contribution in [3.63, 3.8) is 0 Å². The third-order valence-corrected chi connectivity index (χ3v) is 4.17. The summed E-state index contributed by atoms with van der Waals surface area (Å²) in [5.74, 6) is 0.953. The van der Waals surface area contributed by atoms with Crippen molar-refractivity contribution in [3.8, 4) is 11.5 Å². The highest BCUT2D eigenvalue weighted by Gasteiger charge is 2.37. The fraction of sp³-hybridized carbons (Fsp3) is 0.538. The molecule has 1 aromatic rings. The van der Waals surface area contributed by atoms with Gasteiger partial charge in [0, 0.05) is 18.7 Å². The fourth-order valence-corrected chi connectivity index (χ4v) is 3.13. The SMILES string of the molecule is CN1CC(CN)CC1c1c(F)c(Cl)cc2c1OCO2. The summed E-state index contributed by atoms with van der Waals surface area (Å²) in [7, 11) is 1.96. The first-order chi connectivity index (χ1) is 9.11. The number of likely N-dealkylation sites (tertiary alicyclic amines) is 1. The maximum absolute atomic E-state index is 14.4. The Kier molecular flexibility index (Phi) is 3.28. The molecular weight excluding hydrogens is 271 g/mol. The van der Waals surface area contributed by atoms with Crippen LogP contribution in [0.3, 0.4) is 0 Å². The summed E-state index contributed by atoms with van der Waals surface area (Å²) < 4.78 is 25.1. The molecule has 2 atom stereocenters. The van der Waals surface area contributed by atoms with Gasteiger partial charge in [-0.3, -0.25) is 4.90 Å². The second-order valence-corrected chi connectivity index (χ2v) is 5.52. The molecule has 2 heterocycles. The average molecular weight is 287 g/mol. The van der Waals surface area contributed by atoms with Crippen LogP contribution in [0.4, 0.5) is 4.39 Å². The van der Waals surface area contributed by atoms with Crippen LogP contribution in [0.5, 0.6) is 11.5 Å². The Balaban J connectivity index is 2.05. The van der Waals surface area contributed by atoms with Crippen LogP contribution >= 0.6 is 11.6 Å². The molecule has 0 aliphatic carbocycles.